The van der Waals surface area contributed by atoms with Crippen LogP contribution >= 0.6 is 15.9 Å². The average molecular weight is 331 g/mol. The van der Waals surface area contributed by atoms with Crippen LogP contribution in [0.5, 0.6) is 0 Å². The maximum absolute atomic E-state index is 12.4. The van der Waals surface area contributed by atoms with Crippen molar-refractivity contribution in [3.63, 3.8) is 0 Å². The maximum atomic E-state index is 12.4. The molecule has 1 aliphatic rings. The third-order valence-electron chi connectivity index (χ3n) is 3.52. The molecule has 0 spiro atoms. The van der Waals surface area contributed by atoms with Gasteiger partial charge in [0, 0.05) is 29.2 Å². The third kappa shape index (κ3) is 1.72. The minimum Gasteiger partial charge on any atom is -0.307 e. The molecule has 1 aromatic carbocycles. The Balaban J connectivity index is 1.96. The van der Waals surface area contributed by atoms with Gasteiger partial charge in [0.15, 0.2) is 5.65 Å². The first-order chi connectivity index (χ1) is 9.72. The molecule has 0 fully saturated rings. The van der Waals surface area contributed by atoms with Gasteiger partial charge in [-0.25, -0.2) is 9.50 Å². The zero-order valence-electron chi connectivity index (χ0n) is 10.5. The summed E-state index contributed by atoms with van der Waals surface area (Å²) in [5, 5.41) is 6.28. The first kappa shape index (κ1) is 11.9. The van der Waals surface area contributed by atoms with Gasteiger partial charge in [0.2, 0.25) is 0 Å². The molecular formula is C14H11BrN4O. The molecule has 0 aliphatic carbocycles. The summed E-state index contributed by atoms with van der Waals surface area (Å²) in [6, 6.07) is 9.84. The lowest BCUT2D eigenvalue weighted by Gasteiger charge is -1.98. The number of nitrogens with one attached hydrogen (secondary N) is 2. The van der Waals surface area contributed by atoms with E-state index in [2.05, 4.69) is 31.3 Å². The van der Waals surface area contributed by atoms with Gasteiger partial charge in [-0.15, -0.1) is 0 Å². The van der Waals surface area contributed by atoms with Gasteiger partial charge in [0.1, 0.15) is 0 Å². The van der Waals surface area contributed by atoms with Gasteiger partial charge < -0.3 is 5.32 Å². The number of nitrogens with zero attached hydrogens (tertiary/aromatic N) is 2. The van der Waals surface area contributed by atoms with E-state index in [9.17, 15) is 4.79 Å². The minimum atomic E-state index is -0.0174. The second kappa shape index (κ2) is 4.29. The predicted molar refractivity (Wildman–Crippen MR) is 79.5 cm³/mol. The van der Waals surface area contributed by atoms with Crippen molar-refractivity contribution in [2.75, 3.05) is 0 Å². The van der Waals surface area contributed by atoms with Crippen LogP contribution in [0.1, 0.15) is 11.3 Å². The van der Waals surface area contributed by atoms with E-state index in [0.29, 0.717) is 18.7 Å². The summed E-state index contributed by atoms with van der Waals surface area (Å²) in [5.41, 5.74) is 4.15. The number of hydrogen-bond donors (Lipinski definition) is 2. The fourth-order valence-electron chi connectivity index (χ4n) is 2.54. The molecule has 0 atom stereocenters. The highest BCUT2D eigenvalue weighted by Crippen LogP contribution is 2.22. The Labute approximate surface area is 122 Å². The van der Waals surface area contributed by atoms with E-state index in [1.54, 1.807) is 0 Å². The summed E-state index contributed by atoms with van der Waals surface area (Å²) in [4.78, 5) is 16.9. The quantitative estimate of drug-likeness (QED) is 0.717. The van der Waals surface area contributed by atoms with Crippen LogP contribution in [0.4, 0.5) is 0 Å². The number of aromatic amines is 1. The van der Waals surface area contributed by atoms with Crippen molar-refractivity contribution in [1.29, 1.82) is 0 Å². The van der Waals surface area contributed by atoms with E-state index in [4.69, 9.17) is 0 Å². The molecule has 1 aliphatic heterocycles. The fraction of sp³-hybridized carbons (Fsp3) is 0.143. The third-order valence-corrected chi connectivity index (χ3v) is 4.02. The molecule has 0 bridgehead atoms. The first-order valence-electron chi connectivity index (χ1n) is 6.32. The number of H-pyrrole nitrogens is 1. The van der Waals surface area contributed by atoms with Crippen LogP contribution < -0.4 is 10.9 Å². The molecule has 0 unspecified atom stereocenters. The van der Waals surface area contributed by atoms with E-state index >= 15 is 0 Å². The lowest BCUT2D eigenvalue weighted by molar-refractivity contribution is 0.756. The van der Waals surface area contributed by atoms with Gasteiger partial charge in [0.25, 0.3) is 5.56 Å². The van der Waals surface area contributed by atoms with Crippen LogP contribution in [0.3, 0.4) is 0 Å². The highest BCUT2D eigenvalue weighted by Gasteiger charge is 2.18. The van der Waals surface area contributed by atoms with Crippen molar-refractivity contribution < 1.29 is 0 Å². The van der Waals surface area contributed by atoms with E-state index < -0.39 is 0 Å². The Morgan fingerprint density at radius 3 is 3.00 bits per heavy atom. The zero-order valence-corrected chi connectivity index (χ0v) is 12.1. The Hall–Kier alpha value is -1.92. The second-order valence-corrected chi connectivity index (χ2v) is 5.74. The molecule has 6 heteroatoms. The SMILES string of the molecule is O=c1c2c(nc3cc(-c4cccc(Br)c4)[nH]n13)CNC2. The average Bonchev–Trinajstić information content (AvgIpc) is 3.05. The molecule has 100 valence electrons. The van der Waals surface area contributed by atoms with Crippen LogP contribution in [0, 0.1) is 0 Å². The Morgan fingerprint density at radius 2 is 2.15 bits per heavy atom. The summed E-state index contributed by atoms with van der Waals surface area (Å²) in [6.45, 7) is 1.26. The first-order valence-corrected chi connectivity index (χ1v) is 7.12. The van der Waals surface area contributed by atoms with Crippen molar-refractivity contribution in [1.82, 2.24) is 19.9 Å². The smallest absolute Gasteiger partial charge is 0.277 e. The summed E-state index contributed by atoms with van der Waals surface area (Å²) in [7, 11) is 0. The zero-order chi connectivity index (χ0) is 13.7. The number of halogens is 1. The van der Waals surface area contributed by atoms with Gasteiger partial charge in [-0.05, 0) is 12.1 Å². The van der Waals surface area contributed by atoms with E-state index in [1.165, 1.54) is 4.52 Å². The number of fused-ring (bicyclic) bond motifs is 2. The molecule has 0 radical (unpaired) electrons. The number of aromatic nitrogens is 3. The molecule has 20 heavy (non-hydrogen) atoms. The summed E-state index contributed by atoms with van der Waals surface area (Å²) >= 11 is 3.45. The van der Waals surface area contributed by atoms with Crippen molar-refractivity contribution in [3.8, 4) is 11.3 Å². The van der Waals surface area contributed by atoms with Crippen molar-refractivity contribution in [3.05, 3.63) is 56.4 Å². The summed E-state index contributed by atoms with van der Waals surface area (Å²) < 4.78 is 2.52. The maximum Gasteiger partial charge on any atom is 0.277 e. The molecule has 5 nitrogen and oxygen atoms in total. The normalized spacial score (nSPS) is 13.8. The molecule has 3 aromatic rings. The van der Waals surface area contributed by atoms with Gasteiger partial charge in [0.05, 0.1) is 17.0 Å². The molecule has 4 rings (SSSR count). The van der Waals surface area contributed by atoms with Gasteiger partial charge in [-0.1, -0.05) is 28.1 Å². The van der Waals surface area contributed by atoms with Gasteiger partial charge in [-0.2, -0.15) is 0 Å². The number of rotatable bonds is 1. The monoisotopic (exact) mass is 330 g/mol. The lowest BCUT2D eigenvalue weighted by atomic mass is 10.2. The van der Waals surface area contributed by atoms with Crippen LogP contribution in [-0.4, -0.2) is 14.6 Å². The van der Waals surface area contributed by atoms with E-state index in [0.717, 1.165) is 27.0 Å². The molecule has 3 heterocycles. The highest BCUT2D eigenvalue weighted by molar-refractivity contribution is 9.10. The number of benzene rings is 1. The standard InChI is InChI=1S/C14H11BrN4O/c15-9-3-1-2-8(4-9)11-5-13-17-12-7-16-6-10(12)14(20)19(13)18-11/h1-5,16,18H,6-7H2. The van der Waals surface area contributed by atoms with Crippen LogP contribution in [0.25, 0.3) is 16.9 Å². The van der Waals surface area contributed by atoms with Crippen molar-refractivity contribution in [2.45, 2.75) is 13.1 Å². The minimum absolute atomic E-state index is 0.0174. The van der Waals surface area contributed by atoms with Crippen molar-refractivity contribution >= 4 is 21.6 Å². The summed E-state index contributed by atoms with van der Waals surface area (Å²) in [6.07, 6.45) is 0. The highest BCUT2D eigenvalue weighted by atomic mass is 79.9. The lowest BCUT2D eigenvalue weighted by Crippen LogP contribution is -2.20. The Kier molecular flexibility index (Phi) is 2.55. The van der Waals surface area contributed by atoms with Crippen molar-refractivity contribution in [2.24, 2.45) is 0 Å². The van der Waals surface area contributed by atoms with E-state index in [1.807, 2.05) is 30.3 Å². The van der Waals surface area contributed by atoms with Gasteiger partial charge >= 0.3 is 0 Å². The topological polar surface area (TPSA) is 62.2 Å². The van der Waals surface area contributed by atoms with Crippen LogP contribution in [-0.2, 0) is 13.1 Å². The Bertz CT molecular complexity index is 881. The second-order valence-electron chi connectivity index (χ2n) is 4.82. The number of hydrogen-bond acceptors (Lipinski definition) is 3. The van der Waals surface area contributed by atoms with E-state index in [-0.39, 0.29) is 5.56 Å². The summed E-state index contributed by atoms with van der Waals surface area (Å²) in [5.74, 6) is 0. The molecular weight excluding hydrogens is 320 g/mol. The fourth-order valence-corrected chi connectivity index (χ4v) is 2.94. The van der Waals surface area contributed by atoms with Gasteiger partial charge in [-0.3, -0.25) is 9.89 Å². The molecule has 2 N–H and O–H groups in total. The Morgan fingerprint density at radius 1 is 1.25 bits per heavy atom. The van der Waals surface area contributed by atoms with Crippen LogP contribution in [0.15, 0.2) is 39.6 Å². The molecule has 0 amide bonds. The molecule has 2 aromatic heterocycles. The predicted octanol–water partition coefficient (Wildman–Crippen LogP) is 2.06. The molecule has 0 saturated carbocycles. The van der Waals surface area contributed by atoms with Crippen LogP contribution in [0.2, 0.25) is 0 Å². The molecule has 0 saturated heterocycles. The largest absolute Gasteiger partial charge is 0.307 e.